The number of piperidine rings is 1. The van der Waals surface area contributed by atoms with Crippen molar-refractivity contribution in [2.24, 2.45) is 5.92 Å². The van der Waals surface area contributed by atoms with Crippen LogP contribution in [0.1, 0.15) is 49.3 Å². The number of rotatable bonds is 4. The summed E-state index contributed by atoms with van der Waals surface area (Å²) in [6, 6.07) is 0. The second-order valence-electron chi connectivity index (χ2n) is 5.58. The molecule has 1 unspecified atom stereocenters. The molecule has 0 radical (unpaired) electrons. The first kappa shape index (κ1) is 14.8. The third-order valence-corrected chi connectivity index (χ3v) is 4.09. The number of aromatic nitrogens is 2. The Morgan fingerprint density at radius 3 is 2.75 bits per heavy atom. The normalized spacial score (nSPS) is 18.2. The van der Waals surface area contributed by atoms with Gasteiger partial charge in [0.05, 0.1) is 17.5 Å². The summed E-state index contributed by atoms with van der Waals surface area (Å²) in [6.07, 6.45) is 3.11. The first-order valence-electron chi connectivity index (χ1n) is 7.34. The lowest BCUT2D eigenvalue weighted by Gasteiger charge is -2.32. The Morgan fingerprint density at radius 1 is 1.55 bits per heavy atom. The molecule has 1 saturated heterocycles. The number of anilines is 1. The van der Waals surface area contributed by atoms with E-state index < -0.39 is 0 Å². The summed E-state index contributed by atoms with van der Waals surface area (Å²) in [5.41, 5.74) is 7.65. The van der Waals surface area contributed by atoms with Gasteiger partial charge in [0.25, 0.3) is 5.91 Å². The maximum Gasteiger partial charge on any atom is 0.276 e. The van der Waals surface area contributed by atoms with Crippen LogP contribution in [0.5, 0.6) is 0 Å². The zero-order chi connectivity index (χ0) is 14.7. The van der Waals surface area contributed by atoms with E-state index in [9.17, 15) is 9.90 Å². The number of nitrogens with zero attached hydrogens (tertiary/aromatic N) is 2. The van der Waals surface area contributed by atoms with Crippen LogP contribution in [0, 0.1) is 5.92 Å². The molecule has 0 spiro atoms. The summed E-state index contributed by atoms with van der Waals surface area (Å²) in [5.74, 6) is 0.177. The van der Waals surface area contributed by atoms with Crippen LogP contribution in [-0.4, -0.2) is 45.3 Å². The summed E-state index contributed by atoms with van der Waals surface area (Å²) in [4.78, 5) is 14.2. The van der Waals surface area contributed by atoms with Gasteiger partial charge in [-0.2, -0.15) is 5.10 Å². The van der Waals surface area contributed by atoms with Gasteiger partial charge in [0.15, 0.2) is 5.69 Å². The van der Waals surface area contributed by atoms with Crippen LogP contribution in [0.3, 0.4) is 0 Å². The number of likely N-dealkylation sites (tertiary alicyclic amines) is 1. The molecule has 2 rings (SSSR count). The van der Waals surface area contributed by atoms with Gasteiger partial charge in [0.2, 0.25) is 0 Å². The fourth-order valence-corrected chi connectivity index (χ4v) is 2.73. The zero-order valence-corrected chi connectivity index (χ0v) is 12.2. The Kier molecular flexibility index (Phi) is 4.65. The maximum atomic E-state index is 12.4. The molecule has 6 heteroatoms. The van der Waals surface area contributed by atoms with Crippen LogP contribution in [0.15, 0.2) is 0 Å². The number of nitrogens with two attached hydrogens (primary N) is 1. The lowest BCUT2D eigenvalue weighted by Crippen LogP contribution is -2.41. The molecular formula is C14H24N4O2. The summed E-state index contributed by atoms with van der Waals surface area (Å²) < 4.78 is 0. The van der Waals surface area contributed by atoms with E-state index in [0.29, 0.717) is 24.5 Å². The number of aliphatic hydroxyl groups is 1. The minimum absolute atomic E-state index is 0.106. The smallest absolute Gasteiger partial charge is 0.276 e. The number of hydrogen-bond acceptors (Lipinski definition) is 4. The molecule has 112 valence electrons. The van der Waals surface area contributed by atoms with Crippen LogP contribution in [0.25, 0.3) is 0 Å². The van der Waals surface area contributed by atoms with Gasteiger partial charge < -0.3 is 15.7 Å². The van der Waals surface area contributed by atoms with Gasteiger partial charge in [-0.1, -0.05) is 13.3 Å². The monoisotopic (exact) mass is 280 g/mol. The molecule has 1 aromatic heterocycles. The second-order valence-corrected chi connectivity index (χ2v) is 5.58. The minimum atomic E-state index is -0.307. The number of nitrogens with one attached hydrogen (secondary N) is 1. The molecule has 1 aliphatic heterocycles. The summed E-state index contributed by atoms with van der Waals surface area (Å²) in [6.45, 7) is 5.18. The topological polar surface area (TPSA) is 95.2 Å². The fraction of sp³-hybridized carbons (Fsp3) is 0.714. The number of nitrogen functional groups attached to an aromatic ring is 1. The average molecular weight is 280 g/mol. The highest BCUT2D eigenvalue weighted by molar-refractivity contribution is 5.97. The predicted octanol–water partition coefficient (Wildman–Crippen LogP) is 1.18. The average Bonchev–Trinajstić information content (AvgIpc) is 2.80. The molecule has 20 heavy (non-hydrogen) atoms. The van der Waals surface area contributed by atoms with Gasteiger partial charge in [-0.15, -0.1) is 0 Å². The first-order valence-corrected chi connectivity index (χ1v) is 7.34. The number of hydrogen-bond donors (Lipinski definition) is 3. The van der Waals surface area contributed by atoms with Crippen LogP contribution >= 0.6 is 0 Å². The summed E-state index contributed by atoms with van der Waals surface area (Å²) in [7, 11) is 0. The molecule has 0 aromatic carbocycles. The highest BCUT2D eigenvalue weighted by atomic mass is 16.3. The van der Waals surface area contributed by atoms with E-state index in [2.05, 4.69) is 17.1 Å². The quantitative estimate of drug-likeness (QED) is 0.771. The van der Waals surface area contributed by atoms with Crippen molar-refractivity contribution in [2.45, 2.75) is 45.6 Å². The maximum absolute atomic E-state index is 12.4. The summed E-state index contributed by atoms with van der Waals surface area (Å²) in [5, 5.41) is 16.5. The van der Waals surface area contributed by atoms with Gasteiger partial charge in [0.1, 0.15) is 0 Å². The van der Waals surface area contributed by atoms with Crippen LogP contribution < -0.4 is 5.73 Å². The van der Waals surface area contributed by atoms with Gasteiger partial charge in [-0.3, -0.25) is 9.89 Å². The van der Waals surface area contributed by atoms with Crippen molar-refractivity contribution in [3.05, 3.63) is 11.4 Å². The Labute approximate surface area is 119 Å². The highest BCUT2D eigenvalue weighted by Gasteiger charge is 2.28. The van der Waals surface area contributed by atoms with Gasteiger partial charge in [-0.25, -0.2) is 0 Å². The van der Waals surface area contributed by atoms with Crippen molar-refractivity contribution >= 4 is 11.6 Å². The Hall–Kier alpha value is -1.56. The SMILES string of the molecule is CCCc1[nH]nc(C(=O)N2CCC(C(C)O)CC2)c1N. The molecule has 1 aliphatic rings. The zero-order valence-electron chi connectivity index (χ0n) is 12.2. The van der Waals surface area contributed by atoms with Crippen LogP contribution in [-0.2, 0) is 6.42 Å². The number of amides is 1. The predicted molar refractivity (Wildman–Crippen MR) is 77.3 cm³/mol. The molecule has 0 bridgehead atoms. The third-order valence-electron chi connectivity index (χ3n) is 4.09. The Morgan fingerprint density at radius 2 is 2.20 bits per heavy atom. The van der Waals surface area contributed by atoms with Crippen molar-refractivity contribution < 1.29 is 9.90 Å². The minimum Gasteiger partial charge on any atom is -0.395 e. The van der Waals surface area contributed by atoms with Gasteiger partial charge in [0, 0.05) is 13.1 Å². The number of aryl methyl sites for hydroxylation is 1. The summed E-state index contributed by atoms with van der Waals surface area (Å²) >= 11 is 0. The number of carbonyl (C=O) groups excluding carboxylic acids is 1. The Bertz CT molecular complexity index is 462. The molecule has 1 fully saturated rings. The number of carbonyl (C=O) groups is 1. The lowest BCUT2D eigenvalue weighted by molar-refractivity contribution is 0.0518. The largest absolute Gasteiger partial charge is 0.395 e. The first-order chi connectivity index (χ1) is 9.54. The standard InChI is InChI=1S/C14H24N4O2/c1-3-4-11-12(15)13(17-16-11)14(20)18-7-5-10(6-8-18)9(2)19/h9-10,19H,3-8,15H2,1-2H3,(H,16,17). The van der Waals surface area contributed by atoms with E-state index in [1.165, 1.54) is 0 Å². The molecular weight excluding hydrogens is 256 g/mol. The molecule has 1 amide bonds. The number of aromatic amines is 1. The van der Waals surface area contributed by atoms with Crippen LogP contribution in [0.4, 0.5) is 5.69 Å². The van der Waals surface area contributed by atoms with Crippen molar-refractivity contribution in [1.82, 2.24) is 15.1 Å². The molecule has 2 heterocycles. The molecule has 6 nitrogen and oxygen atoms in total. The molecule has 1 aromatic rings. The molecule has 0 aliphatic carbocycles. The van der Waals surface area contributed by atoms with Gasteiger partial charge in [-0.05, 0) is 32.1 Å². The van der Waals surface area contributed by atoms with E-state index in [1.807, 2.05) is 6.92 Å². The van der Waals surface area contributed by atoms with E-state index >= 15 is 0 Å². The fourth-order valence-electron chi connectivity index (χ4n) is 2.73. The Balaban J connectivity index is 2.02. The van der Waals surface area contributed by atoms with Crippen LogP contribution in [0.2, 0.25) is 0 Å². The van der Waals surface area contributed by atoms with Crippen molar-refractivity contribution in [3.8, 4) is 0 Å². The molecule has 1 atom stereocenters. The van der Waals surface area contributed by atoms with Crippen molar-refractivity contribution in [3.63, 3.8) is 0 Å². The van der Waals surface area contributed by atoms with E-state index in [-0.39, 0.29) is 17.9 Å². The molecule has 0 saturated carbocycles. The van der Waals surface area contributed by atoms with E-state index in [1.54, 1.807) is 4.90 Å². The van der Waals surface area contributed by atoms with Crippen molar-refractivity contribution in [2.75, 3.05) is 18.8 Å². The number of aliphatic hydroxyl groups excluding tert-OH is 1. The van der Waals surface area contributed by atoms with Crippen molar-refractivity contribution in [1.29, 1.82) is 0 Å². The third kappa shape index (κ3) is 2.95. The highest BCUT2D eigenvalue weighted by Crippen LogP contribution is 2.23. The van der Waals surface area contributed by atoms with Gasteiger partial charge >= 0.3 is 0 Å². The lowest BCUT2D eigenvalue weighted by atomic mass is 9.92. The molecule has 4 N–H and O–H groups in total. The van der Waals surface area contributed by atoms with E-state index in [0.717, 1.165) is 31.4 Å². The number of H-pyrrole nitrogens is 1. The second kappa shape index (κ2) is 6.26. The van der Waals surface area contributed by atoms with E-state index in [4.69, 9.17) is 5.73 Å².